The Bertz CT molecular complexity index is 371. The third-order valence-corrected chi connectivity index (χ3v) is 3.98. The van der Waals surface area contributed by atoms with E-state index in [2.05, 4.69) is 43.1 Å². The minimum absolute atomic E-state index is 0.283. The summed E-state index contributed by atoms with van der Waals surface area (Å²) < 4.78 is 5.82. The van der Waals surface area contributed by atoms with Crippen molar-refractivity contribution >= 4 is 0 Å². The average Bonchev–Trinajstić information content (AvgIpc) is 2.43. The molecule has 0 saturated carbocycles. The topological polar surface area (TPSA) is 38.5 Å². The minimum atomic E-state index is 0.283. The van der Waals surface area contributed by atoms with Crippen molar-refractivity contribution in [2.24, 2.45) is 5.73 Å². The van der Waals surface area contributed by atoms with Crippen LogP contribution in [0.4, 0.5) is 0 Å². The van der Waals surface area contributed by atoms with Gasteiger partial charge < -0.3 is 10.5 Å². The quantitative estimate of drug-likeness (QED) is 0.886. The number of hydrogen-bond donors (Lipinski definition) is 1. The molecule has 1 aromatic carbocycles. The normalized spacial score (nSPS) is 21.6. The molecule has 1 aliphatic heterocycles. The lowest BCUT2D eigenvalue weighted by Gasteiger charge is -2.32. The van der Waals surface area contributed by atoms with Crippen molar-refractivity contribution in [3.63, 3.8) is 0 Å². The lowest BCUT2D eigenvalue weighted by Crippen LogP contribution is -2.38. The molecule has 2 atom stereocenters. The van der Waals surface area contributed by atoms with Crippen molar-refractivity contribution in [1.29, 1.82) is 0 Å². The van der Waals surface area contributed by atoms with Crippen molar-refractivity contribution in [2.45, 2.75) is 38.3 Å². The molecular formula is C16H26N2O. The maximum absolute atomic E-state index is 5.97. The Hall–Kier alpha value is -0.900. The highest BCUT2D eigenvalue weighted by Crippen LogP contribution is 2.21. The molecule has 0 amide bonds. The van der Waals surface area contributed by atoms with Gasteiger partial charge in [-0.2, -0.15) is 0 Å². The first-order valence-electron chi connectivity index (χ1n) is 7.29. The summed E-state index contributed by atoms with van der Waals surface area (Å²) >= 11 is 0. The van der Waals surface area contributed by atoms with Gasteiger partial charge in [-0.15, -0.1) is 0 Å². The van der Waals surface area contributed by atoms with Gasteiger partial charge in [-0.05, 0) is 38.8 Å². The van der Waals surface area contributed by atoms with Crippen LogP contribution in [0.2, 0.25) is 0 Å². The number of ether oxygens (including phenoxy) is 1. The van der Waals surface area contributed by atoms with Crippen LogP contribution < -0.4 is 5.73 Å². The molecular weight excluding hydrogens is 236 g/mol. The molecule has 0 radical (unpaired) electrons. The predicted octanol–water partition coefficient (Wildman–Crippen LogP) is 2.50. The molecule has 0 spiro atoms. The zero-order valence-electron chi connectivity index (χ0n) is 12.1. The van der Waals surface area contributed by atoms with Gasteiger partial charge in [0.2, 0.25) is 0 Å². The summed E-state index contributed by atoms with van der Waals surface area (Å²) in [6.07, 6.45) is 4.04. The van der Waals surface area contributed by atoms with Gasteiger partial charge in [-0.1, -0.05) is 29.8 Å². The fourth-order valence-electron chi connectivity index (χ4n) is 2.76. The van der Waals surface area contributed by atoms with E-state index in [1.54, 1.807) is 0 Å². The standard InChI is InChI=1S/C16H26N2O/c1-13-6-8-14(9-7-13)16(11-17)18(2)12-15-5-3-4-10-19-15/h6-9,15-16H,3-5,10-12,17H2,1-2H3. The second-order valence-electron chi connectivity index (χ2n) is 5.59. The number of nitrogens with two attached hydrogens (primary N) is 1. The molecule has 2 unspecified atom stereocenters. The van der Waals surface area contributed by atoms with Crippen LogP contribution in [0.15, 0.2) is 24.3 Å². The van der Waals surface area contributed by atoms with Crippen LogP contribution >= 0.6 is 0 Å². The van der Waals surface area contributed by atoms with Crippen LogP contribution in [-0.4, -0.2) is 37.7 Å². The molecule has 1 aliphatic rings. The van der Waals surface area contributed by atoms with Gasteiger partial charge in [0.15, 0.2) is 0 Å². The van der Waals surface area contributed by atoms with Crippen molar-refractivity contribution in [3.05, 3.63) is 35.4 Å². The maximum Gasteiger partial charge on any atom is 0.0702 e. The molecule has 1 heterocycles. The van der Waals surface area contributed by atoms with Gasteiger partial charge in [-0.3, -0.25) is 4.90 Å². The molecule has 1 fully saturated rings. The van der Waals surface area contributed by atoms with Crippen molar-refractivity contribution in [2.75, 3.05) is 26.7 Å². The molecule has 3 heteroatoms. The van der Waals surface area contributed by atoms with Gasteiger partial charge in [0, 0.05) is 25.7 Å². The summed E-state index contributed by atoms with van der Waals surface area (Å²) in [7, 11) is 2.15. The fourth-order valence-corrected chi connectivity index (χ4v) is 2.76. The van der Waals surface area contributed by atoms with Gasteiger partial charge in [-0.25, -0.2) is 0 Å². The van der Waals surface area contributed by atoms with Crippen LogP contribution in [0.5, 0.6) is 0 Å². The second kappa shape index (κ2) is 7.04. The van der Waals surface area contributed by atoms with Crippen molar-refractivity contribution < 1.29 is 4.74 Å². The molecule has 19 heavy (non-hydrogen) atoms. The molecule has 106 valence electrons. The second-order valence-corrected chi connectivity index (χ2v) is 5.59. The van der Waals surface area contributed by atoms with Crippen LogP contribution in [0.3, 0.4) is 0 Å². The smallest absolute Gasteiger partial charge is 0.0702 e. The Morgan fingerprint density at radius 1 is 1.32 bits per heavy atom. The Morgan fingerprint density at radius 3 is 2.63 bits per heavy atom. The summed E-state index contributed by atoms with van der Waals surface area (Å²) in [5, 5.41) is 0. The third kappa shape index (κ3) is 4.03. The molecule has 0 bridgehead atoms. The Balaban J connectivity index is 1.97. The highest BCUT2D eigenvalue weighted by Gasteiger charge is 2.21. The lowest BCUT2D eigenvalue weighted by molar-refractivity contribution is -0.00777. The summed E-state index contributed by atoms with van der Waals surface area (Å²) in [5.74, 6) is 0. The van der Waals surface area contributed by atoms with E-state index in [4.69, 9.17) is 10.5 Å². The van der Waals surface area contributed by atoms with E-state index in [1.807, 2.05) is 0 Å². The predicted molar refractivity (Wildman–Crippen MR) is 79.2 cm³/mol. The van der Waals surface area contributed by atoms with Crippen LogP contribution in [0, 0.1) is 6.92 Å². The molecule has 2 rings (SSSR count). The monoisotopic (exact) mass is 262 g/mol. The molecule has 3 nitrogen and oxygen atoms in total. The molecule has 0 aromatic heterocycles. The van der Waals surface area contributed by atoms with Crippen molar-refractivity contribution in [1.82, 2.24) is 4.90 Å². The van der Waals surface area contributed by atoms with Gasteiger partial charge >= 0.3 is 0 Å². The molecule has 1 aromatic rings. The highest BCUT2D eigenvalue weighted by molar-refractivity contribution is 5.24. The summed E-state index contributed by atoms with van der Waals surface area (Å²) in [5.41, 5.74) is 8.55. The largest absolute Gasteiger partial charge is 0.377 e. The first-order valence-corrected chi connectivity index (χ1v) is 7.29. The summed E-state index contributed by atoms with van der Waals surface area (Å²) in [4.78, 5) is 2.33. The van der Waals surface area contributed by atoms with E-state index >= 15 is 0 Å². The van der Waals surface area contributed by atoms with Crippen LogP contribution in [0.1, 0.15) is 36.4 Å². The number of nitrogens with zero attached hydrogens (tertiary/aromatic N) is 1. The maximum atomic E-state index is 5.97. The number of aryl methyl sites for hydroxylation is 1. The SMILES string of the molecule is Cc1ccc(C(CN)N(C)CC2CCCCO2)cc1. The molecule has 2 N–H and O–H groups in total. The molecule has 1 saturated heterocycles. The van der Waals surface area contributed by atoms with Gasteiger partial charge in [0.05, 0.1) is 6.10 Å². The number of rotatable bonds is 5. The Labute approximate surface area is 116 Å². The van der Waals surface area contributed by atoms with E-state index in [-0.39, 0.29) is 6.04 Å². The first kappa shape index (κ1) is 14.5. The Morgan fingerprint density at radius 2 is 2.05 bits per heavy atom. The van der Waals surface area contributed by atoms with Gasteiger partial charge in [0.1, 0.15) is 0 Å². The zero-order valence-corrected chi connectivity index (χ0v) is 12.1. The lowest BCUT2D eigenvalue weighted by atomic mass is 10.0. The third-order valence-electron chi connectivity index (χ3n) is 3.98. The first-order chi connectivity index (χ1) is 9.20. The van der Waals surface area contributed by atoms with Crippen LogP contribution in [-0.2, 0) is 4.74 Å². The summed E-state index contributed by atoms with van der Waals surface area (Å²) in [6.45, 7) is 4.64. The summed E-state index contributed by atoms with van der Waals surface area (Å²) in [6, 6.07) is 8.97. The Kier molecular flexibility index (Phi) is 5.37. The fraction of sp³-hybridized carbons (Fsp3) is 0.625. The highest BCUT2D eigenvalue weighted by atomic mass is 16.5. The van der Waals surface area contributed by atoms with Gasteiger partial charge in [0.25, 0.3) is 0 Å². The van der Waals surface area contributed by atoms with Crippen LogP contribution in [0.25, 0.3) is 0 Å². The van der Waals surface area contributed by atoms with E-state index in [1.165, 1.54) is 30.4 Å². The van der Waals surface area contributed by atoms with E-state index in [0.29, 0.717) is 12.6 Å². The average molecular weight is 262 g/mol. The number of likely N-dealkylation sites (N-methyl/N-ethyl adjacent to an activating group) is 1. The van der Waals surface area contributed by atoms with E-state index < -0.39 is 0 Å². The minimum Gasteiger partial charge on any atom is -0.377 e. The number of benzene rings is 1. The zero-order chi connectivity index (χ0) is 13.7. The van der Waals surface area contributed by atoms with E-state index in [0.717, 1.165) is 13.2 Å². The number of hydrogen-bond acceptors (Lipinski definition) is 3. The van der Waals surface area contributed by atoms with Crippen molar-refractivity contribution in [3.8, 4) is 0 Å². The molecule has 0 aliphatic carbocycles. The van der Waals surface area contributed by atoms with E-state index in [9.17, 15) is 0 Å².